The quantitative estimate of drug-likeness (QED) is 0.785. The maximum absolute atomic E-state index is 11.9. The number of halogens is 1. The Morgan fingerprint density at radius 3 is 2.89 bits per heavy atom. The Hall–Kier alpha value is -1.75. The number of hydrogen-bond donors (Lipinski definition) is 0. The predicted octanol–water partition coefficient (Wildman–Crippen LogP) is 1.98. The van der Waals surface area contributed by atoms with Gasteiger partial charge in [0.25, 0.3) is 0 Å². The van der Waals surface area contributed by atoms with Crippen LogP contribution in [-0.4, -0.2) is 43.6 Å². The van der Waals surface area contributed by atoms with Crippen molar-refractivity contribution < 1.29 is 19.1 Å². The van der Waals surface area contributed by atoms with Gasteiger partial charge in [-0.2, -0.15) is 0 Å². The van der Waals surface area contributed by atoms with Crippen LogP contribution in [-0.2, 0) is 4.74 Å². The van der Waals surface area contributed by atoms with E-state index in [1.807, 2.05) is 0 Å². The first-order valence-electron chi connectivity index (χ1n) is 5.40. The van der Waals surface area contributed by atoms with Gasteiger partial charge in [-0.25, -0.2) is 4.79 Å². The van der Waals surface area contributed by atoms with Crippen LogP contribution in [0.4, 0.5) is 4.79 Å². The van der Waals surface area contributed by atoms with Crippen LogP contribution in [0.5, 0.6) is 5.75 Å². The van der Waals surface area contributed by atoms with Crippen molar-refractivity contribution in [3.63, 3.8) is 0 Å². The van der Waals surface area contributed by atoms with E-state index in [2.05, 4.69) is 0 Å². The smallest absolute Gasteiger partial charge is 0.410 e. The molecule has 5 nitrogen and oxygen atoms in total. The van der Waals surface area contributed by atoms with Gasteiger partial charge in [-0.05, 0) is 18.2 Å². The zero-order valence-electron chi connectivity index (χ0n) is 9.81. The molecule has 6 heteroatoms. The SMILES string of the molecule is COc1ccc(C(=O)CN2CCOC2=O)cc1Cl. The van der Waals surface area contributed by atoms with Crippen molar-refractivity contribution in [3.05, 3.63) is 28.8 Å². The van der Waals surface area contributed by atoms with E-state index < -0.39 is 6.09 Å². The summed E-state index contributed by atoms with van der Waals surface area (Å²) < 4.78 is 9.75. The van der Waals surface area contributed by atoms with Crippen molar-refractivity contribution in [2.75, 3.05) is 26.8 Å². The van der Waals surface area contributed by atoms with Gasteiger partial charge in [-0.3, -0.25) is 9.69 Å². The van der Waals surface area contributed by atoms with E-state index >= 15 is 0 Å². The number of ether oxygens (including phenoxy) is 2. The summed E-state index contributed by atoms with van der Waals surface area (Å²) >= 11 is 5.94. The summed E-state index contributed by atoms with van der Waals surface area (Å²) in [6, 6.07) is 4.77. The Kier molecular flexibility index (Phi) is 3.72. The fourth-order valence-electron chi connectivity index (χ4n) is 1.67. The molecular weight excluding hydrogens is 258 g/mol. The summed E-state index contributed by atoms with van der Waals surface area (Å²) in [6.45, 7) is 0.769. The highest BCUT2D eigenvalue weighted by atomic mass is 35.5. The van der Waals surface area contributed by atoms with E-state index in [-0.39, 0.29) is 12.3 Å². The molecule has 1 heterocycles. The predicted molar refractivity (Wildman–Crippen MR) is 65.3 cm³/mol. The molecular formula is C12H12ClNO4. The summed E-state index contributed by atoms with van der Waals surface area (Å²) in [5, 5.41) is 0.368. The molecule has 1 aliphatic rings. The third kappa shape index (κ3) is 2.56. The Morgan fingerprint density at radius 2 is 2.33 bits per heavy atom. The molecule has 0 aromatic heterocycles. The second-order valence-electron chi connectivity index (χ2n) is 3.81. The van der Waals surface area contributed by atoms with Gasteiger partial charge in [0.05, 0.1) is 25.2 Å². The summed E-state index contributed by atoms with van der Waals surface area (Å²) in [4.78, 5) is 24.5. The Labute approximate surface area is 109 Å². The van der Waals surface area contributed by atoms with Crippen molar-refractivity contribution in [1.29, 1.82) is 0 Å². The topological polar surface area (TPSA) is 55.8 Å². The molecule has 1 aliphatic heterocycles. The van der Waals surface area contributed by atoms with Gasteiger partial charge in [0, 0.05) is 5.56 Å². The van der Waals surface area contributed by atoms with E-state index in [0.29, 0.717) is 29.5 Å². The molecule has 1 fully saturated rings. The maximum Gasteiger partial charge on any atom is 0.410 e. The number of amides is 1. The monoisotopic (exact) mass is 269 g/mol. The zero-order chi connectivity index (χ0) is 13.1. The molecule has 0 saturated carbocycles. The summed E-state index contributed by atoms with van der Waals surface area (Å²) in [5.74, 6) is 0.326. The number of ketones is 1. The zero-order valence-corrected chi connectivity index (χ0v) is 10.6. The van der Waals surface area contributed by atoms with E-state index in [0.717, 1.165) is 0 Å². The van der Waals surface area contributed by atoms with Gasteiger partial charge in [0.1, 0.15) is 12.4 Å². The Morgan fingerprint density at radius 1 is 1.56 bits per heavy atom. The highest BCUT2D eigenvalue weighted by molar-refractivity contribution is 6.32. The van der Waals surface area contributed by atoms with E-state index in [4.69, 9.17) is 21.1 Å². The minimum Gasteiger partial charge on any atom is -0.495 e. The van der Waals surface area contributed by atoms with Crippen LogP contribution in [0.3, 0.4) is 0 Å². The first kappa shape index (κ1) is 12.7. The molecule has 1 aromatic carbocycles. The van der Waals surface area contributed by atoms with Crippen molar-refractivity contribution in [1.82, 2.24) is 4.90 Å². The fourth-order valence-corrected chi connectivity index (χ4v) is 1.93. The van der Waals surface area contributed by atoms with Gasteiger partial charge in [-0.1, -0.05) is 11.6 Å². The van der Waals surface area contributed by atoms with Crippen LogP contribution >= 0.6 is 11.6 Å². The molecule has 1 saturated heterocycles. The lowest BCUT2D eigenvalue weighted by atomic mass is 10.1. The van der Waals surface area contributed by atoms with Gasteiger partial charge < -0.3 is 9.47 Å². The number of cyclic esters (lactones) is 1. The molecule has 96 valence electrons. The number of carbonyl (C=O) groups excluding carboxylic acids is 2. The number of nitrogens with zero attached hydrogens (tertiary/aromatic N) is 1. The largest absolute Gasteiger partial charge is 0.495 e. The molecule has 0 aliphatic carbocycles. The molecule has 2 rings (SSSR count). The Bertz CT molecular complexity index is 489. The molecule has 0 spiro atoms. The highest BCUT2D eigenvalue weighted by Gasteiger charge is 2.24. The van der Waals surface area contributed by atoms with Crippen molar-refractivity contribution >= 4 is 23.5 Å². The summed E-state index contributed by atoms with van der Waals surface area (Å²) in [5.41, 5.74) is 0.445. The van der Waals surface area contributed by atoms with E-state index in [1.54, 1.807) is 12.1 Å². The molecule has 0 radical (unpaired) electrons. The van der Waals surface area contributed by atoms with Gasteiger partial charge in [-0.15, -0.1) is 0 Å². The highest BCUT2D eigenvalue weighted by Crippen LogP contribution is 2.25. The lowest BCUT2D eigenvalue weighted by Gasteiger charge is -2.11. The molecule has 1 amide bonds. The van der Waals surface area contributed by atoms with Crippen LogP contribution in [0.25, 0.3) is 0 Å². The fraction of sp³-hybridized carbons (Fsp3) is 0.333. The van der Waals surface area contributed by atoms with Gasteiger partial charge in [0.2, 0.25) is 0 Å². The van der Waals surface area contributed by atoms with Crippen molar-refractivity contribution in [3.8, 4) is 5.75 Å². The van der Waals surface area contributed by atoms with E-state index in [9.17, 15) is 9.59 Å². The standard InChI is InChI=1S/C12H12ClNO4/c1-17-11-3-2-8(6-9(11)13)10(15)7-14-4-5-18-12(14)16/h2-3,6H,4-5,7H2,1H3. The second-order valence-corrected chi connectivity index (χ2v) is 4.22. The summed E-state index contributed by atoms with van der Waals surface area (Å²) in [7, 11) is 1.50. The minimum absolute atomic E-state index is 0.00148. The molecule has 0 N–H and O–H groups in total. The van der Waals surface area contributed by atoms with Gasteiger partial charge in [0.15, 0.2) is 5.78 Å². The van der Waals surface area contributed by atoms with E-state index in [1.165, 1.54) is 18.1 Å². The average molecular weight is 270 g/mol. The lowest BCUT2D eigenvalue weighted by Crippen LogP contribution is -2.30. The number of hydrogen-bond acceptors (Lipinski definition) is 4. The first-order valence-corrected chi connectivity index (χ1v) is 5.78. The third-order valence-corrected chi connectivity index (χ3v) is 2.95. The molecule has 0 bridgehead atoms. The number of benzene rings is 1. The molecule has 18 heavy (non-hydrogen) atoms. The molecule has 0 atom stereocenters. The summed E-state index contributed by atoms with van der Waals surface area (Å²) in [6.07, 6.45) is -0.456. The van der Waals surface area contributed by atoms with Crippen LogP contribution in [0, 0.1) is 0 Å². The third-order valence-electron chi connectivity index (χ3n) is 2.65. The number of carbonyl (C=O) groups is 2. The van der Waals surface area contributed by atoms with Crippen LogP contribution < -0.4 is 4.74 Å². The minimum atomic E-state index is -0.456. The number of rotatable bonds is 4. The lowest BCUT2D eigenvalue weighted by molar-refractivity contribution is 0.0943. The van der Waals surface area contributed by atoms with Crippen molar-refractivity contribution in [2.45, 2.75) is 0 Å². The molecule has 1 aromatic rings. The first-order chi connectivity index (χ1) is 8.61. The molecule has 0 unspecified atom stereocenters. The Balaban J connectivity index is 2.09. The van der Waals surface area contributed by atoms with Crippen LogP contribution in [0.2, 0.25) is 5.02 Å². The second kappa shape index (κ2) is 5.27. The average Bonchev–Trinajstić information content (AvgIpc) is 2.75. The normalized spacial score (nSPS) is 14.6. The number of Topliss-reactive ketones (excluding diaryl/α,β-unsaturated/α-hetero) is 1. The van der Waals surface area contributed by atoms with Crippen molar-refractivity contribution in [2.24, 2.45) is 0 Å². The van der Waals surface area contributed by atoms with Crippen LogP contribution in [0.15, 0.2) is 18.2 Å². The number of methoxy groups -OCH3 is 1. The maximum atomic E-state index is 11.9. The van der Waals surface area contributed by atoms with Gasteiger partial charge >= 0.3 is 6.09 Å². The van der Waals surface area contributed by atoms with Crippen LogP contribution in [0.1, 0.15) is 10.4 Å².